The minimum atomic E-state index is -0.323. The SMILES string of the molecule is CCN(CC)CCC(N)c1cncc(F)c1. The lowest BCUT2D eigenvalue weighted by molar-refractivity contribution is 0.290. The van der Waals surface area contributed by atoms with Crippen molar-refractivity contribution in [3.63, 3.8) is 0 Å². The van der Waals surface area contributed by atoms with Crippen LogP contribution in [0.25, 0.3) is 0 Å². The maximum absolute atomic E-state index is 12.9. The van der Waals surface area contributed by atoms with E-state index in [-0.39, 0.29) is 11.9 Å². The molecule has 0 radical (unpaired) electrons. The van der Waals surface area contributed by atoms with Gasteiger partial charge in [0.25, 0.3) is 0 Å². The smallest absolute Gasteiger partial charge is 0.141 e. The van der Waals surface area contributed by atoms with Gasteiger partial charge in [-0.05, 0) is 37.7 Å². The van der Waals surface area contributed by atoms with E-state index >= 15 is 0 Å². The van der Waals surface area contributed by atoms with E-state index < -0.39 is 0 Å². The lowest BCUT2D eigenvalue weighted by Gasteiger charge is -2.20. The summed E-state index contributed by atoms with van der Waals surface area (Å²) in [4.78, 5) is 6.10. The van der Waals surface area contributed by atoms with E-state index in [0.717, 1.165) is 31.6 Å². The number of rotatable bonds is 6. The Balaban J connectivity index is 2.49. The Morgan fingerprint density at radius 2 is 2.06 bits per heavy atom. The fourth-order valence-electron chi connectivity index (χ4n) is 1.66. The first-order valence-electron chi connectivity index (χ1n) is 5.75. The molecule has 0 aliphatic heterocycles. The third-order valence-electron chi connectivity index (χ3n) is 2.80. The van der Waals surface area contributed by atoms with Crippen LogP contribution in [0.5, 0.6) is 0 Å². The molecule has 0 saturated heterocycles. The zero-order valence-electron chi connectivity index (χ0n) is 9.99. The number of nitrogens with zero attached hydrogens (tertiary/aromatic N) is 2. The highest BCUT2D eigenvalue weighted by Crippen LogP contribution is 2.14. The van der Waals surface area contributed by atoms with Crippen molar-refractivity contribution in [1.29, 1.82) is 0 Å². The second-order valence-corrected chi connectivity index (χ2v) is 3.86. The van der Waals surface area contributed by atoms with Crippen LogP contribution in [0.4, 0.5) is 4.39 Å². The predicted molar refractivity (Wildman–Crippen MR) is 63.5 cm³/mol. The van der Waals surface area contributed by atoms with Crippen LogP contribution < -0.4 is 5.73 Å². The van der Waals surface area contributed by atoms with Crippen LogP contribution in [0.1, 0.15) is 31.9 Å². The summed E-state index contributed by atoms with van der Waals surface area (Å²) in [7, 11) is 0. The largest absolute Gasteiger partial charge is 0.324 e. The maximum atomic E-state index is 12.9. The zero-order chi connectivity index (χ0) is 12.0. The molecule has 4 heteroatoms. The number of pyridine rings is 1. The van der Waals surface area contributed by atoms with E-state index in [0.29, 0.717) is 0 Å². The minimum absolute atomic E-state index is 0.135. The first kappa shape index (κ1) is 13.1. The van der Waals surface area contributed by atoms with Gasteiger partial charge in [0.2, 0.25) is 0 Å². The second-order valence-electron chi connectivity index (χ2n) is 3.86. The summed E-state index contributed by atoms with van der Waals surface area (Å²) >= 11 is 0. The lowest BCUT2D eigenvalue weighted by atomic mass is 10.1. The molecule has 16 heavy (non-hydrogen) atoms. The van der Waals surface area contributed by atoms with Crippen molar-refractivity contribution in [2.45, 2.75) is 26.3 Å². The lowest BCUT2D eigenvalue weighted by Crippen LogP contribution is -2.27. The van der Waals surface area contributed by atoms with E-state index in [1.54, 1.807) is 6.20 Å². The van der Waals surface area contributed by atoms with Crippen LogP contribution in [-0.4, -0.2) is 29.5 Å². The van der Waals surface area contributed by atoms with Crippen LogP contribution in [0.15, 0.2) is 18.5 Å². The molecule has 1 rings (SSSR count). The normalized spacial score (nSPS) is 13.1. The minimum Gasteiger partial charge on any atom is -0.324 e. The van der Waals surface area contributed by atoms with Crippen molar-refractivity contribution in [2.75, 3.05) is 19.6 Å². The Hall–Kier alpha value is -1.00. The zero-order valence-corrected chi connectivity index (χ0v) is 9.99. The molecular formula is C12H20FN3. The molecule has 3 nitrogen and oxygen atoms in total. The molecule has 1 heterocycles. The first-order chi connectivity index (χ1) is 7.67. The van der Waals surface area contributed by atoms with Gasteiger partial charge >= 0.3 is 0 Å². The molecule has 0 aliphatic rings. The predicted octanol–water partition coefficient (Wildman–Crippen LogP) is 1.95. The molecule has 0 saturated carbocycles. The van der Waals surface area contributed by atoms with Crippen LogP contribution in [0.3, 0.4) is 0 Å². The van der Waals surface area contributed by atoms with Crippen LogP contribution in [0.2, 0.25) is 0 Å². The van der Waals surface area contributed by atoms with Gasteiger partial charge in [0, 0.05) is 12.2 Å². The molecular weight excluding hydrogens is 205 g/mol. The van der Waals surface area contributed by atoms with Crippen molar-refractivity contribution >= 4 is 0 Å². The van der Waals surface area contributed by atoms with E-state index in [9.17, 15) is 4.39 Å². The highest BCUT2D eigenvalue weighted by atomic mass is 19.1. The van der Waals surface area contributed by atoms with Gasteiger partial charge in [-0.1, -0.05) is 13.8 Å². The van der Waals surface area contributed by atoms with Crippen molar-refractivity contribution in [2.24, 2.45) is 5.73 Å². The van der Waals surface area contributed by atoms with Gasteiger partial charge in [-0.2, -0.15) is 0 Å². The van der Waals surface area contributed by atoms with Crippen LogP contribution in [-0.2, 0) is 0 Å². The van der Waals surface area contributed by atoms with Crippen molar-refractivity contribution < 1.29 is 4.39 Å². The quantitative estimate of drug-likeness (QED) is 0.804. The molecule has 0 spiro atoms. The summed E-state index contributed by atoms with van der Waals surface area (Å²) in [5, 5.41) is 0. The van der Waals surface area contributed by atoms with Gasteiger partial charge in [-0.15, -0.1) is 0 Å². The number of nitrogens with two attached hydrogens (primary N) is 1. The molecule has 1 atom stereocenters. The Morgan fingerprint density at radius 1 is 1.38 bits per heavy atom. The summed E-state index contributed by atoms with van der Waals surface area (Å²) < 4.78 is 12.9. The molecule has 0 fully saturated rings. The highest BCUT2D eigenvalue weighted by Gasteiger charge is 2.09. The highest BCUT2D eigenvalue weighted by molar-refractivity contribution is 5.14. The standard InChI is InChI=1S/C12H20FN3/c1-3-16(4-2)6-5-12(14)10-7-11(13)9-15-8-10/h7-9,12H,3-6,14H2,1-2H3. The molecule has 0 aliphatic carbocycles. The van der Waals surface area contributed by atoms with Crippen molar-refractivity contribution in [3.8, 4) is 0 Å². The molecule has 0 amide bonds. The second kappa shape index (κ2) is 6.55. The molecule has 1 aromatic rings. The summed E-state index contributed by atoms with van der Waals surface area (Å²) in [6.07, 6.45) is 3.66. The molecule has 1 unspecified atom stereocenters. The number of aromatic nitrogens is 1. The Bertz CT molecular complexity index is 313. The van der Waals surface area contributed by atoms with Gasteiger partial charge < -0.3 is 10.6 Å². The average molecular weight is 225 g/mol. The van der Waals surface area contributed by atoms with E-state index in [2.05, 4.69) is 23.7 Å². The van der Waals surface area contributed by atoms with E-state index in [1.165, 1.54) is 12.3 Å². The molecule has 0 bridgehead atoms. The number of hydrogen-bond donors (Lipinski definition) is 1. The average Bonchev–Trinajstić information content (AvgIpc) is 2.30. The Kier molecular flexibility index (Phi) is 5.35. The maximum Gasteiger partial charge on any atom is 0.141 e. The molecule has 1 aromatic heterocycles. The fraction of sp³-hybridized carbons (Fsp3) is 0.583. The molecule has 2 N–H and O–H groups in total. The topological polar surface area (TPSA) is 42.1 Å². The summed E-state index contributed by atoms with van der Waals surface area (Å²) in [5.74, 6) is -0.323. The Morgan fingerprint density at radius 3 is 2.62 bits per heavy atom. The summed E-state index contributed by atoms with van der Waals surface area (Å²) in [6, 6.07) is 1.32. The number of halogens is 1. The van der Waals surface area contributed by atoms with Gasteiger partial charge in [0.15, 0.2) is 0 Å². The third-order valence-corrected chi connectivity index (χ3v) is 2.80. The van der Waals surface area contributed by atoms with Gasteiger partial charge in [0.1, 0.15) is 5.82 Å². The van der Waals surface area contributed by atoms with Gasteiger partial charge in [-0.25, -0.2) is 4.39 Å². The molecule has 0 aromatic carbocycles. The number of hydrogen-bond acceptors (Lipinski definition) is 3. The summed E-state index contributed by atoms with van der Waals surface area (Å²) in [5.41, 5.74) is 6.76. The third kappa shape index (κ3) is 3.87. The van der Waals surface area contributed by atoms with Crippen molar-refractivity contribution in [3.05, 3.63) is 29.8 Å². The van der Waals surface area contributed by atoms with E-state index in [1.807, 2.05) is 0 Å². The van der Waals surface area contributed by atoms with E-state index in [4.69, 9.17) is 5.73 Å². The van der Waals surface area contributed by atoms with Crippen LogP contribution in [0, 0.1) is 5.82 Å². The first-order valence-corrected chi connectivity index (χ1v) is 5.75. The molecule has 90 valence electrons. The van der Waals surface area contributed by atoms with Gasteiger partial charge in [0.05, 0.1) is 6.20 Å². The van der Waals surface area contributed by atoms with Crippen molar-refractivity contribution in [1.82, 2.24) is 9.88 Å². The van der Waals surface area contributed by atoms with Gasteiger partial charge in [-0.3, -0.25) is 4.98 Å². The monoisotopic (exact) mass is 225 g/mol. The summed E-state index contributed by atoms with van der Waals surface area (Å²) in [6.45, 7) is 7.22. The Labute approximate surface area is 96.5 Å². The van der Waals surface area contributed by atoms with Crippen LogP contribution >= 0.6 is 0 Å². The fourth-order valence-corrected chi connectivity index (χ4v) is 1.66.